The number of carbonyl (C=O) groups is 1. The van der Waals surface area contributed by atoms with E-state index >= 15 is 0 Å². The number of hydrogen-bond donors (Lipinski definition) is 1. The van der Waals surface area contributed by atoms with Crippen molar-refractivity contribution in [1.29, 1.82) is 0 Å². The van der Waals surface area contributed by atoms with Crippen molar-refractivity contribution in [2.75, 3.05) is 44.2 Å². The molecule has 1 saturated heterocycles. The average molecular weight is 434 g/mol. The number of aryl methyl sites for hydroxylation is 2. The number of para-hydroxylation sites is 2. The van der Waals surface area contributed by atoms with Gasteiger partial charge in [0, 0.05) is 45.0 Å². The van der Waals surface area contributed by atoms with Gasteiger partial charge in [-0.15, -0.1) is 0 Å². The van der Waals surface area contributed by atoms with E-state index in [2.05, 4.69) is 52.1 Å². The average Bonchev–Trinajstić information content (AvgIpc) is 2.79. The lowest BCUT2D eigenvalue weighted by atomic mass is 10.1. The Bertz CT molecular complexity index is 1180. The van der Waals surface area contributed by atoms with E-state index in [1.165, 1.54) is 21.4 Å². The molecule has 1 aliphatic rings. The molecule has 0 spiro atoms. The van der Waals surface area contributed by atoms with Gasteiger partial charge in [-0.3, -0.25) is 19.1 Å². The van der Waals surface area contributed by atoms with E-state index < -0.39 is 0 Å². The van der Waals surface area contributed by atoms with E-state index in [4.69, 9.17) is 0 Å². The molecule has 1 amide bonds. The van der Waals surface area contributed by atoms with Gasteiger partial charge in [0.25, 0.3) is 5.56 Å². The first-order chi connectivity index (χ1) is 15.4. The minimum atomic E-state index is -0.221. The van der Waals surface area contributed by atoms with Crippen LogP contribution in [-0.2, 0) is 11.3 Å². The van der Waals surface area contributed by atoms with E-state index in [-0.39, 0.29) is 18.0 Å². The first-order valence-electron chi connectivity index (χ1n) is 11.2. The first kappa shape index (κ1) is 22.0. The van der Waals surface area contributed by atoms with Crippen molar-refractivity contribution >= 4 is 22.6 Å². The number of nitrogens with one attached hydrogen (secondary N) is 1. The minimum absolute atomic E-state index is 0.00309. The molecule has 0 saturated carbocycles. The Labute approximate surface area is 188 Å². The Morgan fingerprint density at radius 2 is 1.75 bits per heavy atom. The summed E-state index contributed by atoms with van der Waals surface area (Å²) < 4.78 is 1.51. The highest BCUT2D eigenvalue weighted by Gasteiger charge is 2.19. The zero-order chi connectivity index (χ0) is 22.7. The van der Waals surface area contributed by atoms with Crippen LogP contribution in [0.25, 0.3) is 11.0 Å². The van der Waals surface area contributed by atoms with Gasteiger partial charge in [0.2, 0.25) is 5.91 Å². The quantitative estimate of drug-likeness (QED) is 0.646. The molecule has 2 aromatic carbocycles. The molecule has 1 aliphatic heterocycles. The molecule has 0 atom stereocenters. The molecule has 1 fully saturated rings. The maximum Gasteiger partial charge on any atom is 0.272 e. The molecule has 0 aliphatic carbocycles. The number of amides is 1. The van der Waals surface area contributed by atoms with Gasteiger partial charge in [0.1, 0.15) is 12.2 Å². The van der Waals surface area contributed by atoms with Gasteiger partial charge in [-0.2, -0.15) is 0 Å². The summed E-state index contributed by atoms with van der Waals surface area (Å²) in [6.07, 6.45) is 0. The lowest BCUT2D eigenvalue weighted by Gasteiger charge is -2.37. The smallest absolute Gasteiger partial charge is 0.272 e. The van der Waals surface area contributed by atoms with Crippen LogP contribution in [0.15, 0.2) is 47.3 Å². The third kappa shape index (κ3) is 4.67. The van der Waals surface area contributed by atoms with E-state index in [0.29, 0.717) is 17.8 Å². The summed E-state index contributed by atoms with van der Waals surface area (Å²) in [4.78, 5) is 34.2. The molecule has 1 aromatic heterocycles. The topological polar surface area (TPSA) is 70.5 Å². The van der Waals surface area contributed by atoms with Crippen molar-refractivity contribution in [3.63, 3.8) is 0 Å². The van der Waals surface area contributed by atoms with Crippen LogP contribution < -0.4 is 15.8 Å². The highest BCUT2D eigenvalue weighted by atomic mass is 16.2. The summed E-state index contributed by atoms with van der Waals surface area (Å²) >= 11 is 0. The van der Waals surface area contributed by atoms with Gasteiger partial charge in [0.05, 0.1) is 11.0 Å². The molecule has 0 radical (unpaired) electrons. The molecule has 0 bridgehead atoms. The molecular weight excluding hydrogens is 402 g/mol. The van der Waals surface area contributed by atoms with Gasteiger partial charge < -0.3 is 10.2 Å². The summed E-state index contributed by atoms with van der Waals surface area (Å²) in [5, 5.41) is 2.97. The number of rotatable bonds is 6. The van der Waals surface area contributed by atoms with E-state index in [0.717, 1.165) is 38.2 Å². The fourth-order valence-corrected chi connectivity index (χ4v) is 4.32. The number of carbonyl (C=O) groups excluding carboxylic acids is 1. The Balaban J connectivity index is 1.29. The van der Waals surface area contributed by atoms with Crippen molar-refractivity contribution in [3.8, 4) is 0 Å². The Hall–Kier alpha value is -3.19. The predicted octanol–water partition coefficient (Wildman–Crippen LogP) is 2.26. The lowest BCUT2D eigenvalue weighted by Crippen LogP contribution is -2.49. The molecule has 4 rings (SSSR count). The monoisotopic (exact) mass is 433 g/mol. The largest absolute Gasteiger partial charge is 0.369 e. The van der Waals surface area contributed by atoms with Crippen molar-refractivity contribution in [2.45, 2.75) is 27.3 Å². The standard InChI is InChI=1S/C25H31N5O2/c1-18-7-6-10-22(19(18)2)29-15-13-28(14-16-29)12-11-26-24(31)17-30-23-9-5-4-8-21(23)27-20(3)25(30)32/h4-10H,11-17H2,1-3H3,(H,26,31). The summed E-state index contributed by atoms with van der Waals surface area (Å²) in [6.45, 7) is 11.3. The van der Waals surface area contributed by atoms with E-state index in [9.17, 15) is 9.59 Å². The van der Waals surface area contributed by atoms with E-state index in [1.54, 1.807) is 6.92 Å². The van der Waals surface area contributed by atoms with Gasteiger partial charge in [-0.05, 0) is 50.1 Å². The fraction of sp³-hybridized carbons (Fsp3) is 0.400. The SMILES string of the molecule is Cc1cccc(N2CCN(CCNC(=O)Cn3c(=O)c(C)nc4ccccc43)CC2)c1C. The fourth-order valence-electron chi connectivity index (χ4n) is 4.32. The number of piperazine rings is 1. The molecule has 168 valence electrons. The van der Waals surface area contributed by atoms with Crippen LogP contribution in [0.1, 0.15) is 16.8 Å². The van der Waals surface area contributed by atoms with Crippen LogP contribution in [0.5, 0.6) is 0 Å². The van der Waals surface area contributed by atoms with Crippen LogP contribution in [0, 0.1) is 20.8 Å². The maximum absolute atomic E-state index is 12.5. The molecule has 2 heterocycles. The lowest BCUT2D eigenvalue weighted by molar-refractivity contribution is -0.121. The van der Waals surface area contributed by atoms with Gasteiger partial charge in [-0.25, -0.2) is 4.98 Å². The highest BCUT2D eigenvalue weighted by molar-refractivity contribution is 5.80. The second-order valence-electron chi connectivity index (χ2n) is 8.47. The highest BCUT2D eigenvalue weighted by Crippen LogP contribution is 2.23. The van der Waals surface area contributed by atoms with Crippen molar-refractivity contribution in [1.82, 2.24) is 19.8 Å². The van der Waals surface area contributed by atoms with E-state index in [1.807, 2.05) is 24.3 Å². The minimum Gasteiger partial charge on any atom is -0.369 e. The van der Waals surface area contributed by atoms with Gasteiger partial charge in [0.15, 0.2) is 0 Å². The number of nitrogens with zero attached hydrogens (tertiary/aromatic N) is 4. The summed E-state index contributed by atoms with van der Waals surface area (Å²) in [5.41, 5.74) is 5.58. The summed E-state index contributed by atoms with van der Waals surface area (Å²) in [6, 6.07) is 13.9. The van der Waals surface area contributed by atoms with Gasteiger partial charge in [-0.1, -0.05) is 24.3 Å². The Morgan fingerprint density at radius 1 is 1.00 bits per heavy atom. The van der Waals surface area contributed by atoms with Crippen molar-refractivity contribution in [3.05, 3.63) is 69.6 Å². The summed E-state index contributed by atoms with van der Waals surface area (Å²) in [7, 11) is 0. The van der Waals surface area contributed by atoms with Crippen molar-refractivity contribution in [2.24, 2.45) is 0 Å². The third-order valence-corrected chi connectivity index (χ3v) is 6.36. The molecular formula is C25H31N5O2. The normalized spacial score (nSPS) is 14.7. The zero-order valence-corrected chi connectivity index (χ0v) is 19.1. The zero-order valence-electron chi connectivity index (χ0n) is 19.1. The molecule has 1 N–H and O–H groups in total. The molecule has 32 heavy (non-hydrogen) atoms. The van der Waals surface area contributed by atoms with Crippen LogP contribution in [0.3, 0.4) is 0 Å². The third-order valence-electron chi connectivity index (χ3n) is 6.36. The second kappa shape index (κ2) is 9.53. The first-order valence-corrected chi connectivity index (χ1v) is 11.2. The summed E-state index contributed by atoms with van der Waals surface area (Å²) in [5.74, 6) is -0.156. The molecule has 0 unspecified atom stereocenters. The Kier molecular flexibility index (Phi) is 6.55. The van der Waals surface area contributed by atoms with Crippen LogP contribution in [0.2, 0.25) is 0 Å². The predicted molar refractivity (Wildman–Crippen MR) is 128 cm³/mol. The number of fused-ring (bicyclic) bond motifs is 1. The van der Waals surface area contributed by atoms with Crippen LogP contribution in [-0.4, -0.2) is 59.6 Å². The maximum atomic E-state index is 12.5. The number of benzene rings is 2. The molecule has 7 heteroatoms. The Morgan fingerprint density at radius 3 is 2.53 bits per heavy atom. The van der Waals surface area contributed by atoms with Crippen LogP contribution >= 0.6 is 0 Å². The number of anilines is 1. The van der Waals surface area contributed by atoms with Crippen molar-refractivity contribution < 1.29 is 4.79 Å². The molecule has 7 nitrogen and oxygen atoms in total. The van der Waals surface area contributed by atoms with Gasteiger partial charge >= 0.3 is 0 Å². The second-order valence-corrected chi connectivity index (χ2v) is 8.47. The molecule has 3 aromatic rings. The van der Waals surface area contributed by atoms with Crippen LogP contribution in [0.4, 0.5) is 5.69 Å². The number of aromatic nitrogens is 2. The number of hydrogen-bond acceptors (Lipinski definition) is 5.